The molecule has 1 fully saturated rings. The maximum Gasteiger partial charge on any atom is 0.263 e. The Morgan fingerprint density at radius 2 is 1.74 bits per heavy atom. The molecule has 0 saturated carbocycles. The molecular formula is C25H27N3O3. The highest BCUT2D eigenvalue weighted by Gasteiger charge is 2.25. The third-order valence-corrected chi connectivity index (χ3v) is 6.07. The monoisotopic (exact) mass is 417 g/mol. The molecule has 1 aliphatic rings. The second-order valence-electron chi connectivity index (χ2n) is 8.19. The van der Waals surface area contributed by atoms with E-state index in [1.165, 1.54) is 4.57 Å². The Bertz CT molecular complexity index is 1150. The van der Waals surface area contributed by atoms with E-state index in [0.29, 0.717) is 32.0 Å². The third kappa shape index (κ3) is 4.68. The first-order valence-electron chi connectivity index (χ1n) is 10.7. The van der Waals surface area contributed by atoms with Crippen LogP contribution in [0.3, 0.4) is 0 Å². The summed E-state index contributed by atoms with van der Waals surface area (Å²) in [4.78, 5) is 39.1. The van der Waals surface area contributed by atoms with Gasteiger partial charge >= 0.3 is 0 Å². The molecule has 0 aliphatic carbocycles. The lowest BCUT2D eigenvalue weighted by Crippen LogP contribution is -2.43. The fourth-order valence-corrected chi connectivity index (χ4v) is 4.21. The highest BCUT2D eigenvalue weighted by atomic mass is 16.2. The number of piperidine rings is 1. The molecule has 1 aromatic heterocycles. The first-order chi connectivity index (χ1) is 15.0. The zero-order chi connectivity index (χ0) is 21.8. The van der Waals surface area contributed by atoms with E-state index in [-0.39, 0.29) is 22.9 Å². The van der Waals surface area contributed by atoms with Crippen LogP contribution in [0.25, 0.3) is 10.8 Å². The Labute approximate surface area is 181 Å². The van der Waals surface area contributed by atoms with Crippen molar-refractivity contribution in [1.82, 2.24) is 14.8 Å². The van der Waals surface area contributed by atoms with Crippen molar-refractivity contribution < 1.29 is 9.59 Å². The quantitative estimate of drug-likeness (QED) is 0.694. The van der Waals surface area contributed by atoms with Crippen molar-refractivity contribution in [3.8, 4) is 0 Å². The van der Waals surface area contributed by atoms with Gasteiger partial charge in [0.05, 0.1) is 6.42 Å². The van der Waals surface area contributed by atoms with Crippen LogP contribution in [0.2, 0.25) is 0 Å². The van der Waals surface area contributed by atoms with E-state index in [4.69, 9.17) is 0 Å². The number of aromatic nitrogens is 1. The molecule has 0 bridgehead atoms. The van der Waals surface area contributed by atoms with E-state index in [1.54, 1.807) is 30.3 Å². The lowest BCUT2D eigenvalue weighted by molar-refractivity contribution is -0.120. The fraction of sp³-hybridized carbons (Fsp3) is 0.320. The molecule has 1 saturated heterocycles. The molecule has 1 aliphatic heterocycles. The Hall–Kier alpha value is -3.41. The predicted molar refractivity (Wildman–Crippen MR) is 121 cm³/mol. The standard InChI is InChI=1S/C25H27N3O3/c1-27-13-5-10-22(24(27)30)25(31)28-14-11-18(12-15-28)17-26-23(29)16-20-8-4-7-19-6-2-3-9-21(19)20/h2-10,13,18H,11-12,14-17H2,1H3,(H,26,29). The molecule has 4 rings (SSSR count). The van der Waals surface area contributed by atoms with E-state index in [0.717, 1.165) is 29.2 Å². The van der Waals surface area contributed by atoms with Gasteiger partial charge in [-0.2, -0.15) is 0 Å². The molecule has 2 amide bonds. The second kappa shape index (κ2) is 9.16. The SMILES string of the molecule is Cn1cccc(C(=O)N2CCC(CNC(=O)Cc3cccc4ccccc34)CC2)c1=O. The van der Waals surface area contributed by atoms with E-state index >= 15 is 0 Å². The molecule has 3 aromatic rings. The number of likely N-dealkylation sites (tertiary alicyclic amines) is 1. The fourth-order valence-electron chi connectivity index (χ4n) is 4.21. The van der Waals surface area contributed by atoms with Crippen molar-refractivity contribution in [2.45, 2.75) is 19.3 Å². The number of benzene rings is 2. The van der Waals surface area contributed by atoms with Crippen LogP contribution in [0.15, 0.2) is 65.6 Å². The smallest absolute Gasteiger partial charge is 0.263 e. The number of hydrogen-bond donors (Lipinski definition) is 1. The third-order valence-electron chi connectivity index (χ3n) is 6.07. The van der Waals surface area contributed by atoms with Gasteiger partial charge in [0.25, 0.3) is 11.5 Å². The van der Waals surface area contributed by atoms with E-state index in [9.17, 15) is 14.4 Å². The predicted octanol–water partition coefficient (Wildman–Crippen LogP) is 2.75. The number of nitrogens with one attached hydrogen (secondary N) is 1. The molecule has 31 heavy (non-hydrogen) atoms. The first kappa shape index (κ1) is 20.8. The Morgan fingerprint density at radius 1 is 1.00 bits per heavy atom. The number of carbonyl (C=O) groups excluding carboxylic acids is 2. The van der Waals surface area contributed by atoms with Gasteiger partial charge in [-0.15, -0.1) is 0 Å². The average molecular weight is 418 g/mol. The van der Waals surface area contributed by atoms with Crippen molar-refractivity contribution in [3.63, 3.8) is 0 Å². The summed E-state index contributed by atoms with van der Waals surface area (Å²) in [6.07, 6.45) is 3.63. The van der Waals surface area contributed by atoms with Crippen LogP contribution in [0.4, 0.5) is 0 Å². The molecule has 160 valence electrons. The molecule has 2 aromatic carbocycles. The Morgan fingerprint density at radius 3 is 2.55 bits per heavy atom. The maximum atomic E-state index is 12.7. The highest BCUT2D eigenvalue weighted by molar-refractivity contribution is 5.94. The summed E-state index contributed by atoms with van der Waals surface area (Å²) < 4.78 is 1.42. The number of carbonyl (C=O) groups is 2. The lowest BCUT2D eigenvalue weighted by Gasteiger charge is -2.32. The molecule has 0 atom stereocenters. The molecule has 6 nitrogen and oxygen atoms in total. The minimum atomic E-state index is -0.268. The van der Waals surface area contributed by atoms with Crippen molar-refractivity contribution in [2.75, 3.05) is 19.6 Å². The first-order valence-corrected chi connectivity index (χ1v) is 10.7. The summed E-state index contributed by atoms with van der Waals surface area (Å²) in [7, 11) is 1.65. The van der Waals surface area contributed by atoms with Gasteiger partial charge in [-0.3, -0.25) is 14.4 Å². The van der Waals surface area contributed by atoms with E-state index in [2.05, 4.69) is 17.4 Å². The van der Waals surface area contributed by atoms with Crippen LogP contribution < -0.4 is 10.9 Å². The average Bonchev–Trinajstić information content (AvgIpc) is 2.80. The number of hydrogen-bond acceptors (Lipinski definition) is 3. The summed E-state index contributed by atoms with van der Waals surface area (Å²) in [5.41, 5.74) is 0.975. The minimum Gasteiger partial charge on any atom is -0.356 e. The van der Waals surface area contributed by atoms with Gasteiger partial charge in [-0.1, -0.05) is 42.5 Å². The van der Waals surface area contributed by atoms with Gasteiger partial charge in [0.1, 0.15) is 5.56 Å². The van der Waals surface area contributed by atoms with E-state index < -0.39 is 0 Å². The second-order valence-corrected chi connectivity index (χ2v) is 8.19. The molecule has 1 N–H and O–H groups in total. The van der Waals surface area contributed by atoms with Crippen LogP contribution in [0, 0.1) is 5.92 Å². The minimum absolute atomic E-state index is 0.0163. The number of aryl methyl sites for hydroxylation is 1. The summed E-state index contributed by atoms with van der Waals surface area (Å²) in [5.74, 6) is 0.140. The zero-order valence-electron chi connectivity index (χ0n) is 17.7. The number of rotatable bonds is 5. The largest absolute Gasteiger partial charge is 0.356 e. The molecule has 0 spiro atoms. The topological polar surface area (TPSA) is 71.4 Å². The molecule has 2 heterocycles. The van der Waals surface area contributed by atoms with E-state index in [1.807, 2.05) is 30.3 Å². The van der Waals surface area contributed by atoms with Crippen LogP contribution >= 0.6 is 0 Å². The number of pyridine rings is 1. The maximum absolute atomic E-state index is 12.7. The van der Waals surface area contributed by atoms with Crippen LogP contribution in [0.1, 0.15) is 28.8 Å². The van der Waals surface area contributed by atoms with Crippen LogP contribution in [-0.4, -0.2) is 40.9 Å². The Balaban J connectivity index is 1.28. The Kier molecular flexibility index (Phi) is 6.16. The van der Waals surface area contributed by atoms with Crippen LogP contribution in [0.5, 0.6) is 0 Å². The summed E-state index contributed by atoms with van der Waals surface area (Å²) in [6.45, 7) is 1.81. The molecular weight excluding hydrogens is 390 g/mol. The normalized spacial score (nSPS) is 14.5. The molecule has 0 radical (unpaired) electrons. The summed E-state index contributed by atoms with van der Waals surface area (Å²) in [5, 5.41) is 5.31. The summed E-state index contributed by atoms with van der Waals surface area (Å²) >= 11 is 0. The molecule has 6 heteroatoms. The van der Waals surface area contributed by atoms with Gasteiger partial charge in [0.2, 0.25) is 5.91 Å². The number of nitrogens with zero attached hydrogens (tertiary/aromatic N) is 2. The summed E-state index contributed by atoms with van der Waals surface area (Å²) in [6, 6.07) is 17.4. The van der Waals surface area contributed by atoms with Crippen molar-refractivity contribution in [1.29, 1.82) is 0 Å². The highest BCUT2D eigenvalue weighted by Crippen LogP contribution is 2.20. The van der Waals surface area contributed by atoms with Gasteiger partial charge in [0, 0.05) is 32.9 Å². The number of amides is 2. The molecule has 0 unspecified atom stereocenters. The number of fused-ring (bicyclic) bond motifs is 1. The van der Waals surface area contributed by atoms with Gasteiger partial charge in [-0.05, 0) is 47.2 Å². The van der Waals surface area contributed by atoms with Crippen molar-refractivity contribution in [3.05, 3.63) is 82.3 Å². The van der Waals surface area contributed by atoms with Gasteiger partial charge < -0.3 is 14.8 Å². The van der Waals surface area contributed by atoms with Crippen LogP contribution in [-0.2, 0) is 18.3 Å². The van der Waals surface area contributed by atoms with Crippen molar-refractivity contribution >= 4 is 22.6 Å². The van der Waals surface area contributed by atoms with Gasteiger partial charge in [0.15, 0.2) is 0 Å². The van der Waals surface area contributed by atoms with Gasteiger partial charge in [-0.25, -0.2) is 0 Å². The zero-order valence-corrected chi connectivity index (χ0v) is 17.7. The lowest BCUT2D eigenvalue weighted by atomic mass is 9.96. The van der Waals surface area contributed by atoms with Crippen molar-refractivity contribution in [2.24, 2.45) is 13.0 Å².